The minimum absolute atomic E-state index is 0.00935. The van der Waals surface area contributed by atoms with Gasteiger partial charge in [0.05, 0.1) is 30.4 Å². The fourth-order valence-corrected chi connectivity index (χ4v) is 6.10. The number of anilines is 2. The van der Waals surface area contributed by atoms with Crippen molar-refractivity contribution in [1.82, 2.24) is 9.55 Å². The topological polar surface area (TPSA) is 148 Å². The molecule has 1 aliphatic rings. The summed E-state index contributed by atoms with van der Waals surface area (Å²) in [6, 6.07) is 18.9. The number of ether oxygens (including phenoxy) is 2. The number of fused-ring (bicyclic) bond motifs is 1. The van der Waals surface area contributed by atoms with Crippen LogP contribution in [0.25, 0.3) is 0 Å². The van der Waals surface area contributed by atoms with E-state index in [4.69, 9.17) is 9.47 Å². The first-order valence-corrected chi connectivity index (χ1v) is 16.5. The van der Waals surface area contributed by atoms with Gasteiger partial charge in [0.1, 0.15) is 29.8 Å². The van der Waals surface area contributed by atoms with E-state index in [9.17, 15) is 42.3 Å². The number of imide groups is 1. The number of amides is 3. The number of alkyl halides is 3. The van der Waals surface area contributed by atoms with Gasteiger partial charge in [0, 0.05) is 5.41 Å². The number of aromatic nitrogens is 2. The number of hydrogen-bond donors (Lipinski definition) is 1. The first-order valence-electron chi connectivity index (χ1n) is 16.5. The first kappa shape index (κ1) is 38.2. The Morgan fingerprint density at radius 3 is 2.15 bits per heavy atom. The van der Waals surface area contributed by atoms with Crippen molar-refractivity contribution in [3.63, 3.8) is 0 Å². The lowest BCUT2D eigenvalue weighted by atomic mass is 9.82. The lowest BCUT2D eigenvalue weighted by Gasteiger charge is -2.29. The van der Waals surface area contributed by atoms with E-state index < -0.39 is 77.1 Å². The molecule has 0 saturated heterocycles. The smallest absolute Gasteiger partial charge is 0.421 e. The van der Waals surface area contributed by atoms with Crippen LogP contribution < -0.4 is 15.4 Å². The van der Waals surface area contributed by atoms with Gasteiger partial charge in [0.25, 0.3) is 11.5 Å². The molecule has 53 heavy (non-hydrogen) atoms. The van der Waals surface area contributed by atoms with Crippen molar-refractivity contribution >= 4 is 35.4 Å². The number of carbonyl (C=O) groups excluding carboxylic acids is 3. The third kappa shape index (κ3) is 8.73. The zero-order chi connectivity index (χ0) is 38.7. The van der Waals surface area contributed by atoms with Crippen LogP contribution in [0.5, 0.6) is 0 Å². The average molecular weight is 735 g/mol. The van der Waals surface area contributed by atoms with E-state index in [-0.39, 0.29) is 30.1 Å². The summed E-state index contributed by atoms with van der Waals surface area (Å²) in [6.07, 6.45) is -6.73. The van der Waals surface area contributed by atoms with Gasteiger partial charge in [-0.15, -0.1) is 0 Å². The van der Waals surface area contributed by atoms with Crippen LogP contribution in [-0.2, 0) is 43.8 Å². The summed E-state index contributed by atoms with van der Waals surface area (Å²) in [5.41, 5.74) is -4.23. The van der Waals surface area contributed by atoms with Crippen molar-refractivity contribution in [2.45, 2.75) is 76.9 Å². The highest BCUT2D eigenvalue weighted by Gasteiger charge is 2.50. The minimum Gasteiger partial charge on any atom is -0.481 e. The van der Waals surface area contributed by atoms with Gasteiger partial charge in [-0.2, -0.15) is 13.2 Å². The molecule has 3 aromatic carbocycles. The van der Waals surface area contributed by atoms with Crippen molar-refractivity contribution in [3.8, 4) is 0 Å². The summed E-state index contributed by atoms with van der Waals surface area (Å²) in [4.78, 5) is 74.5. The van der Waals surface area contributed by atoms with Gasteiger partial charge in [-0.05, 0) is 62.6 Å². The number of carboxylic acid groups (broad SMARTS) is 1. The number of nitrogens with zero attached hydrogens (tertiary/aromatic N) is 4. The van der Waals surface area contributed by atoms with Crippen molar-refractivity contribution in [3.05, 3.63) is 124 Å². The second-order valence-electron chi connectivity index (χ2n) is 13.8. The first-order chi connectivity index (χ1) is 24.9. The van der Waals surface area contributed by atoms with Crippen LogP contribution in [0, 0.1) is 0 Å². The number of benzene rings is 3. The molecule has 0 spiro atoms. The molecule has 0 radical (unpaired) electrons. The second-order valence-corrected chi connectivity index (χ2v) is 13.8. The largest absolute Gasteiger partial charge is 0.481 e. The Balaban J connectivity index is 1.65. The van der Waals surface area contributed by atoms with Gasteiger partial charge in [-0.3, -0.25) is 23.9 Å². The van der Waals surface area contributed by atoms with Crippen molar-refractivity contribution in [2.75, 3.05) is 9.80 Å². The van der Waals surface area contributed by atoms with E-state index in [0.717, 1.165) is 38.8 Å². The van der Waals surface area contributed by atoms with Crippen molar-refractivity contribution in [2.24, 2.45) is 0 Å². The molecule has 0 unspecified atom stereocenters. The normalized spacial score (nSPS) is 16.7. The third-order valence-corrected chi connectivity index (χ3v) is 8.42. The molecule has 15 heteroatoms. The molecule has 2 heterocycles. The highest BCUT2D eigenvalue weighted by molar-refractivity contribution is 6.14. The maximum absolute atomic E-state index is 14.6. The fraction of sp³-hybridized carbons (Fsp3) is 0.316. The van der Waals surface area contributed by atoms with Gasteiger partial charge in [0.2, 0.25) is 0 Å². The molecular formula is C38H37F3N4O8. The van der Waals surface area contributed by atoms with E-state index in [1.165, 1.54) is 25.1 Å². The molecule has 2 atom stereocenters. The van der Waals surface area contributed by atoms with Crippen LogP contribution in [0.3, 0.4) is 0 Å². The van der Waals surface area contributed by atoms with Gasteiger partial charge in [-0.1, -0.05) is 67.6 Å². The van der Waals surface area contributed by atoms with Gasteiger partial charge >= 0.3 is 24.3 Å². The Hall–Kier alpha value is -5.99. The van der Waals surface area contributed by atoms with E-state index >= 15 is 0 Å². The summed E-state index contributed by atoms with van der Waals surface area (Å²) in [5.74, 6) is -2.31. The number of rotatable bonds is 9. The fourth-order valence-electron chi connectivity index (χ4n) is 6.10. The molecule has 0 fully saturated rings. The maximum atomic E-state index is 14.6. The standard InChI is InChI=1S/C38H37F3N4O8/c1-36(2,3)53-35(51)44(27-16-9-6-10-17-27)31(48)28-19-37(4,20-30(46)47)33-42-21-29(32(49)45(28)33)43(34(50)52-23-24-12-7-5-8-13-24)22-25-14-11-15-26(18-25)38(39,40)41/h5-18,21,28H,19-20,22-23H2,1-4H3,(H,46,47)/t28-,37-/m0/s1. The number of aliphatic carboxylic acids is 1. The van der Waals surface area contributed by atoms with Crippen LogP contribution in [0.1, 0.15) is 69.1 Å². The van der Waals surface area contributed by atoms with Crippen LogP contribution in [0.2, 0.25) is 0 Å². The molecule has 5 rings (SSSR count). The van der Waals surface area contributed by atoms with Crippen molar-refractivity contribution in [1.29, 1.82) is 0 Å². The summed E-state index contributed by atoms with van der Waals surface area (Å²) in [7, 11) is 0. The lowest BCUT2D eigenvalue weighted by molar-refractivity contribution is -0.139. The Bertz CT molecular complexity index is 2070. The predicted molar refractivity (Wildman–Crippen MR) is 186 cm³/mol. The summed E-state index contributed by atoms with van der Waals surface area (Å²) in [5, 5.41) is 9.84. The summed E-state index contributed by atoms with van der Waals surface area (Å²) in [6.45, 7) is 5.48. The average Bonchev–Trinajstić information content (AvgIpc) is 3.38. The number of carboxylic acids is 1. The Morgan fingerprint density at radius 1 is 0.925 bits per heavy atom. The zero-order valence-corrected chi connectivity index (χ0v) is 29.3. The van der Waals surface area contributed by atoms with Crippen LogP contribution in [0.15, 0.2) is 95.9 Å². The molecular weight excluding hydrogens is 697 g/mol. The third-order valence-electron chi connectivity index (χ3n) is 8.42. The monoisotopic (exact) mass is 734 g/mol. The number of para-hydroxylation sites is 1. The molecule has 1 N–H and O–H groups in total. The van der Waals surface area contributed by atoms with E-state index in [2.05, 4.69) is 4.98 Å². The molecule has 3 amide bonds. The Morgan fingerprint density at radius 2 is 1.55 bits per heavy atom. The molecule has 0 saturated carbocycles. The van der Waals surface area contributed by atoms with Gasteiger partial charge in [-0.25, -0.2) is 19.5 Å². The van der Waals surface area contributed by atoms with Crippen LogP contribution in [-0.4, -0.2) is 44.3 Å². The van der Waals surface area contributed by atoms with Crippen molar-refractivity contribution < 1.29 is 46.9 Å². The van der Waals surface area contributed by atoms with E-state index in [1.807, 2.05) is 0 Å². The van der Waals surface area contributed by atoms with E-state index in [1.54, 1.807) is 69.3 Å². The van der Waals surface area contributed by atoms with Crippen LogP contribution >= 0.6 is 0 Å². The quantitative estimate of drug-likeness (QED) is 0.188. The number of hydrogen-bond acceptors (Lipinski definition) is 8. The molecule has 0 aliphatic carbocycles. The van der Waals surface area contributed by atoms with Crippen LogP contribution in [0.4, 0.5) is 34.1 Å². The second kappa shape index (κ2) is 14.9. The predicted octanol–water partition coefficient (Wildman–Crippen LogP) is 7.25. The maximum Gasteiger partial charge on any atom is 0.421 e. The Kier molecular flexibility index (Phi) is 10.8. The number of carbonyl (C=O) groups is 4. The van der Waals surface area contributed by atoms with E-state index in [0.29, 0.717) is 5.56 Å². The van der Waals surface area contributed by atoms with Gasteiger partial charge in [0.15, 0.2) is 0 Å². The zero-order valence-electron chi connectivity index (χ0n) is 29.3. The summed E-state index contributed by atoms with van der Waals surface area (Å²) >= 11 is 0. The minimum atomic E-state index is -4.70. The lowest BCUT2D eigenvalue weighted by Crippen LogP contribution is -2.46. The number of halogens is 3. The molecule has 12 nitrogen and oxygen atoms in total. The molecule has 1 aliphatic heterocycles. The highest BCUT2D eigenvalue weighted by atomic mass is 19.4. The molecule has 0 bridgehead atoms. The summed E-state index contributed by atoms with van der Waals surface area (Å²) < 4.78 is 52.9. The molecule has 278 valence electrons. The highest BCUT2D eigenvalue weighted by Crippen LogP contribution is 2.43. The molecule has 1 aromatic heterocycles. The Labute approximate surface area is 302 Å². The van der Waals surface area contributed by atoms with Gasteiger partial charge < -0.3 is 14.6 Å². The SMILES string of the molecule is CC(C)(C)OC(=O)N(C(=O)[C@@H]1C[C@@](C)(CC(=O)O)c2ncc(N(Cc3cccc(C(F)(F)F)c3)C(=O)OCc3ccccc3)c(=O)n21)c1ccccc1. The molecule has 4 aromatic rings.